The second kappa shape index (κ2) is 5.54. The van der Waals surface area contributed by atoms with Crippen LogP contribution >= 0.6 is 0 Å². The van der Waals surface area contributed by atoms with E-state index < -0.39 is 0 Å². The maximum atomic E-state index is 5.47. The Morgan fingerprint density at radius 2 is 2.12 bits per heavy atom. The van der Waals surface area contributed by atoms with Crippen LogP contribution in [0, 0.1) is 0 Å². The first kappa shape index (κ1) is 11.7. The van der Waals surface area contributed by atoms with Crippen molar-refractivity contribution in [3.63, 3.8) is 0 Å². The lowest BCUT2D eigenvalue weighted by molar-refractivity contribution is 0.146. The van der Waals surface area contributed by atoms with Gasteiger partial charge in [0.05, 0.1) is 6.61 Å². The molecule has 0 spiro atoms. The van der Waals surface area contributed by atoms with E-state index in [1.54, 1.807) is 7.11 Å². The molecular weight excluding hydrogens is 220 g/mol. The van der Waals surface area contributed by atoms with E-state index in [1.807, 2.05) is 24.3 Å². The van der Waals surface area contributed by atoms with Gasteiger partial charge in [0.2, 0.25) is 0 Å². The first-order chi connectivity index (χ1) is 8.29. The maximum Gasteiger partial charge on any atom is 0.282 e. The molecule has 0 saturated heterocycles. The summed E-state index contributed by atoms with van der Waals surface area (Å²) in [5, 5.41) is 0. The van der Waals surface area contributed by atoms with Gasteiger partial charge in [0.1, 0.15) is 25.0 Å². The Labute approximate surface area is 100 Å². The average Bonchev–Trinajstić information content (AvgIpc) is 2.77. The molecule has 0 bridgehead atoms. The molecule has 0 saturated carbocycles. The smallest absolute Gasteiger partial charge is 0.282 e. The molecule has 0 amide bonds. The van der Waals surface area contributed by atoms with E-state index in [1.165, 1.54) is 0 Å². The lowest BCUT2D eigenvalue weighted by Crippen LogP contribution is -2.10. The number of ether oxygens (including phenoxy) is 3. The lowest BCUT2D eigenvalue weighted by atomic mass is 10.1. The summed E-state index contributed by atoms with van der Waals surface area (Å²) in [5.74, 6) is 0.821. The van der Waals surface area contributed by atoms with Crippen molar-refractivity contribution in [2.75, 3.05) is 26.9 Å². The minimum Gasteiger partial charge on any atom is -0.491 e. The molecule has 5 nitrogen and oxygen atoms in total. The molecule has 2 rings (SSSR count). The van der Waals surface area contributed by atoms with Crippen LogP contribution in [0.3, 0.4) is 0 Å². The van der Waals surface area contributed by atoms with Gasteiger partial charge in [0.15, 0.2) is 0 Å². The van der Waals surface area contributed by atoms with Crippen molar-refractivity contribution >= 4 is 6.02 Å². The topological polar surface area (TPSA) is 66.1 Å². The van der Waals surface area contributed by atoms with Gasteiger partial charge in [-0.05, 0) is 17.7 Å². The van der Waals surface area contributed by atoms with Crippen LogP contribution in [-0.2, 0) is 9.47 Å². The number of benzene rings is 1. The van der Waals surface area contributed by atoms with Gasteiger partial charge in [0.25, 0.3) is 6.02 Å². The van der Waals surface area contributed by atoms with Gasteiger partial charge < -0.3 is 19.9 Å². The molecule has 1 aromatic carbocycles. The van der Waals surface area contributed by atoms with Crippen LogP contribution in [0.2, 0.25) is 0 Å². The molecule has 5 heteroatoms. The van der Waals surface area contributed by atoms with Crippen LogP contribution in [0.4, 0.5) is 0 Å². The predicted molar refractivity (Wildman–Crippen MR) is 64.1 cm³/mol. The fourth-order valence-corrected chi connectivity index (χ4v) is 1.59. The molecule has 2 N–H and O–H groups in total. The van der Waals surface area contributed by atoms with Crippen molar-refractivity contribution in [2.45, 2.75) is 6.04 Å². The monoisotopic (exact) mass is 236 g/mol. The van der Waals surface area contributed by atoms with Crippen LogP contribution in [0.15, 0.2) is 29.3 Å². The van der Waals surface area contributed by atoms with Crippen molar-refractivity contribution in [2.24, 2.45) is 10.7 Å². The molecule has 1 aliphatic rings. The van der Waals surface area contributed by atoms with Crippen LogP contribution in [0.25, 0.3) is 0 Å². The Kier molecular flexibility index (Phi) is 3.82. The second-order valence-corrected chi connectivity index (χ2v) is 3.70. The summed E-state index contributed by atoms with van der Waals surface area (Å²) in [4.78, 5) is 4.18. The van der Waals surface area contributed by atoms with Gasteiger partial charge in [-0.15, -0.1) is 0 Å². The highest BCUT2D eigenvalue weighted by molar-refractivity contribution is 5.73. The SMILES string of the molecule is COCCOc1ccc([C@H]2COC(N)=N2)cc1. The summed E-state index contributed by atoms with van der Waals surface area (Å²) in [6, 6.07) is 8.03. The third-order valence-corrected chi connectivity index (χ3v) is 2.49. The van der Waals surface area contributed by atoms with E-state index in [4.69, 9.17) is 19.9 Å². The Bertz CT molecular complexity index is 389. The normalized spacial score (nSPS) is 18.6. The third-order valence-electron chi connectivity index (χ3n) is 2.49. The van der Waals surface area contributed by atoms with Crippen molar-refractivity contribution in [3.8, 4) is 5.75 Å². The molecule has 0 aromatic heterocycles. The van der Waals surface area contributed by atoms with Crippen LogP contribution in [-0.4, -0.2) is 33.0 Å². The molecule has 0 radical (unpaired) electrons. The van der Waals surface area contributed by atoms with Crippen molar-refractivity contribution in [3.05, 3.63) is 29.8 Å². The molecule has 1 aliphatic heterocycles. The van der Waals surface area contributed by atoms with E-state index in [-0.39, 0.29) is 12.1 Å². The summed E-state index contributed by atoms with van der Waals surface area (Å²) in [6.45, 7) is 1.64. The number of hydrogen-bond acceptors (Lipinski definition) is 5. The van der Waals surface area contributed by atoms with Crippen LogP contribution < -0.4 is 10.5 Å². The summed E-state index contributed by atoms with van der Waals surface area (Å²) in [6.07, 6.45) is 0. The fraction of sp³-hybridized carbons (Fsp3) is 0.417. The number of rotatable bonds is 5. The lowest BCUT2D eigenvalue weighted by Gasteiger charge is -2.08. The van der Waals surface area contributed by atoms with E-state index in [2.05, 4.69) is 4.99 Å². The van der Waals surface area contributed by atoms with Gasteiger partial charge in [-0.3, -0.25) is 0 Å². The molecule has 92 valence electrons. The number of aliphatic imine (C=N–C) groups is 1. The van der Waals surface area contributed by atoms with Gasteiger partial charge >= 0.3 is 0 Å². The molecular formula is C12H16N2O3. The molecule has 0 aliphatic carbocycles. The Balaban J connectivity index is 1.93. The van der Waals surface area contributed by atoms with Gasteiger partial charge in [-0.1, -0.05) is 12.1 Å². The first-order valence-corrected chi connectivity index (χ1v) is 5.47. The standard InChI is InChI=1S/C12H16N2O3/c1-15-6-7-16-10-4-2-9(3-5-10)11-8-17-12(13)14-11/h2-5,11H,6-8H2,1H3,(H2,13,14)/t11-/m1/s1. The van der Waals surface area contributed by atoms with Gasteiger partial charge in [0, 0.05) is 7.11 Å². The van der Waals surface area contributed by atoms with Crippen molar-refractivity contribution in [1.82, 2.24) is 0 Å². The summed E-state index contributed by atoms with van der Waals surface area (Å²) in [7, 11) is 1.65. The fourth-order valence-electron chi connectivity index (χ4n) is 1.59. The second-order valence-electron chi connectivity index (χ2n) is 3.70. The minimum absolute atomic E-state index is 0.00280. The number of nitrogens with two attached hydrogens (primary N) is 1. The number of hydrogen-bond donors (Lipinski definition) is 1. The maximum absolute atomic E-state index is 5.47. The van der Waals surface area contributed by atoms with Gasteiger partial charge in [-0.25, -0.2) is 4.99 Å². The highest BCUT2D eigenvalue weighted by Crippen LogP contribution is 2.23. The molecule has 1 atom stereocenters. The third kappa shape index (κ3) is 3.10. The average molecular weight is 236 g/mol. The molecule has 0 unspecified atom stereocenters. The van der Waals surface area contributed by atoms with Crippen LogP contribution in [0.1, 0.15) is 11.6 Å². The zero-order valence-electron chi connectivity index (χ0n) is 9.76. The summed E-state index contributed by atoms with van der Waals surface area (Å²) < 4.78 is 15.5. The van der Waals surface area contributed by atoms with Crippen molar-refractivity contribution < 1.29 is 14.2 Å². The van der Waals surface area contributed by atoms with E-state index in [9.17, 15) is 0 Å². The number of nitrogens with zero attached hydrogens (tertiary/aromatic N) is 1. The first-order valence-electron chi connectivity index (χ1n) is 5.47. The zero-order chi connectivity index (χ0) is 12.1. The molecule has 17 heavy (non-hydrogen) atoms. The molecule has 1 heterocycles. The quantitative estimate of drug-likeness (QED) is 0.777. The molecule has 0 fully saturated rings. The minimum atomic E-state index is 0.00280. The highest BCUT2D eigenvalue weighted by Gasteiger charge is 2.18. The summed E-state index contributed by atoms with van der Waals surface area (Å²) in [5.41, 5.74) is 6.54. The summed E-state index contributed by atoms with van der Waals surface area (Å²) >= 11 is 0. The largest absolute Gasteiger partial charge is 0.491 e. The predicted octanol–water partition coefficient (Wildman–Crippen LogP) is 1.10. The number of amidine groups is 1. The number of methoxy groups -OCH3 is 1. The Morgan fingerprint density at radius 1 is 1.35 bits per heavy atom. The van der Waals surface area contributed by atoms with Crippen LogP contribution in [0.5, 0.6) is 5.75 Å². The van der Waals surface area contributed by atoms with E-state index in [0.29, 0.717) is 19.8 Å². The van der Waals surface area contributed by atoms with Crippen molar-refractivity contribution in [1.29, 1.82) is 0 Å². The van der Waals surface area contributed by atoms with Gasteiger partial charge in [-0.2, -0.15) is 0 Å². The van der Waals surface area contributed by atoms with E-state index in [0.717, 1.165) is 11.3 Å². The zero-order valence-corrected chi connectivity index (χ0v) is 9.76. The molecule has 1 aromatic rings. The van der Waals surface area contributed by atoms with E-state index >= 15 is 0 Å². The Morgan fingerprint density at radius 3 is 2.71 bits per heavy atom. The highest BCUT2D eigenvalue weighted by atomic mass is 16.5. The Hall–Kier alpha value is -1.75.